The molecule has 2 rings (SSSR count). The van der Waals surface area contributed by atoms with Crippen LogP contribution in [0.4, 0.5) is 5.82 Å². The highest BCUT2D eigenvalue weighted by Crippen LogP contribution is 2.27. The highest BCUT2D eigenvalue weighted by molar-refractivity contribution is 5.96. The third-order valence-corrected chi connectivity index (χ3v) is 3.65. The third kappa shape index (κ3) is 3.28. The number of hydrazine groups is 1. The maximum Gasteiger partial charge on any atom is 0.255 e. The number of carbonyl (C=O) groups excluding carboxylic acids is 1. The number of amides is 1. The molecule has 2 heterocycles. The van der Waals surface area contributed by atoms with E-state index in [1.54, 1.807) is 18.0 Å². The molecule has 118 valence electrons. The summed E-state index contributed by atoms with van der Waals surface area (Å²) in [4.78, 5) is 18.2. The van der Waals surface area contributed by atoms with Crippen molar-refractivity contribution in [2.45, 2.75) is 13.3 Å². The minimum atomic E-state index is -0.0564. The molecular formula is C16H23N5O. The summed E-state index contributed by atoms with van der Waals surface area (Å²) in [6, 6.07) is 1.78. The number of nitrogen functional groups attached to an aromatic ring is 1. The van der Waals surface area contributed by atoms with Crippen molar-refractivity contribution < 1.29 is 4.79 Å². The molecule has 1 aromatic heterocycles. The van der Waals surface area contributed by atoms with Gasteiger partial charge in [0.2, 0.25) is 0 Å². The van der Waals surface area contributed by atoms with Crippen LogP contribution in [0.2, 0.25) is 0 Å². The third-order valence-electron chi connectivity index (χ3n) is 3.65. The SMILES string of the molecule is C=C(C1=CN(C)NC1)c1cc(C(=O)N(C)CCC)cnc1N. The molecule has 0 saturated heterocycles. The second kappa shape index (κ2) is 6.62. The Morgan fingerprint density at radius 1 is 1.59 bits per heavy atom. The van der Waals surface area contributed by atoms with Crippen LogP contribution < -0.4 is 11.2 Å². The average molecular weight is 301 g/mol. The van der Waals surface area contributed by atoms with E-state index in [0.29, 0.717) is 30.0 Å². The Balaban J connectivity index is 2.29. The lowest BCUT2D eigenvalue weighted by atomic mass is 9.99. The zero-order valence-corrected chi connectivity index (χ0v) is 13.4. The van der Waals surface area contributed by atoms with Crippen molar-refractivity contribution in [2.75, 3.05) is 32.9 Å². The van der Waals surface area contributed by atoms with Crippen LogP contribution in [-0.4, -0.2) is 48.0 Å². The van der Waals surface area contributed by atoms with Crippen LogP contribution in [0.15, 0.2) is 30.6 Å². The van der Waals surface area contributed by atoms with Gasteiger partial charge in [-0.3, -0.25) is 4.79 Å². The predicted molar refractivity (Wildman–Crippen MR) is 88.8 cm³/mol. The van der Waals surface area contributed by atoms with Crippen molar-refractivity contribution in [3.63, 3.8) is 0 Å². The largest absolute Gasteiger partial charge is 0.383 e. The number of rotatable bonds is 5. The molecule has 1 aliphatic heterocycles. The first-order chi connectivity index (χ1) is 10.4. The van der Waals surface area contributed by atoms with E-state index in [9.17, 15) is 4.79 Å². The molecule has 0 unspecified atom stereocenters. The zero-order chi connectivity index (χ0) is 16.3. The van der Waals surface area contributed by atoms with Gasteiger partial charge in [0, 0.05) is 45.1 Å². The molecule has 1 aromatic rings. The smallest absolute Gasteiger partial charge is 0.255 e. The van der Waals surface area contributed by atoms with Gasteiger partial charge in [0.15, 0.2) is 0 Å². The molecule has 0 saturated carbocycles. The van der Waals surface area contributed by atoms with Gasteiger partial charge >= 0.3 is 0 Å². The Labute approximate surface area is 131 Å². The van der Waals surface area contributed by atoms with Crippen molar-refractivity contribution in [1.82, 2.24) is 20.3 Å². The lowest BCUT2D eigenvalue weighted by Crippen LogP contribution is -2.27. The van der Waals surface area contributed by atoms with Crippen molar-refractivity contribution >= 4 is 17.3 Å². The topological polar surface area (TPSA) is 74.5 Å². The molecule has 0 aliphatic carbocycles. The first-order valence-corrected chi connectivity index (χ1v) is 7.31. The first kappa shape index (κ1) is 16.0. The highest BCUT2D eigenvalue weighted by atomic mass is 16.2. The van der Waals surface area contributed by atoms with E-state index >= 15 is 0 Å². The minimum Gasteiger partial charge on any atom is -0.383 e. The lowest BCUT2D eigenvalue weighted by molar-refractivity contribution is 0.0794. The van der Waals surface area contributed by atoms with Crippen LogP contribution in [0.25, 0.3) is 5.57 Å². The van der Waals surface area contributed by atoms with E-state index in [2.05, 4.69) is 17.0 Å². The number of pyridine rings is 1. The summed E-state index contributed by atoms with van der Waals surface area (Å²) in [6.45, 7) is 7.53. The van der Waals surface area contributed by atoms with Crippen LogP contribution in [0.5, 0.6) is 0 Å². The van der Waals surface area contributed by atoms with Gasteiger partial charge in [0.25, 0.3) is 5.91 Å². The summed E-state index contributed by atoms with van der Waals surface area (Å²) in [5.41, 5.74) is 12.2. The van der Waals surface area contributed by atoms with Gasteiger partial charge in [0.1, 0.15) is 5.82 Å². The molecule has 0 aromatic carbocycles. The quantitative estimate of drug-likeness (QED) is 0.862. The Kier molecular flexibility index (Phi) is 4.82. The first-order valence-electron chi connectivity index (χ1n) is 7.31. The maximum atomic E-state index is 12.4. The van der Waals surface area contributed by atoms with Gasteiger partial charge in [-0.15, -0.1) is 0 Å². The summed E-state index contributed by atoms with van der Waals surface area (Å²) >= 11 is 0. The molecular weight excluding hydrogens is 278 g/mol. The average Bonchev–Trinajstić information content (AvgIpc) is 2.93. The zero-order valence-electron chi connectivity index (χ0n) is 13.4. The Morgan fingerprint density at radius 3 is 2.91 bits per heavy atom. The van der Waals surface area contributed by atoms with Gasteiger partial charge in [-0.25, -0.2) is 10.4 Å². The van der Waals surface area contributed by atoms with Crippen molar-refractivity contribution in [3.8, 4) is 0 Å². The van der Waals surface area contributed by atoms with Crippen LogP contribution in [0, 0.1) is 0 Å². The fourth-order valence-corrected chi connectivity index (χ4v) is 2.38. The number of nitrogens with two attached hydrogens (primary N) is 1. The van der Waals surface area contributed by atoms with Crippen LogP contribution in [0.3, 0.4) is 0 Å². The molecule has 0 atom stereocenters. The van der Waals surface area contributed by atoms with E-state index in [1.807, 2.05) is 25.2 Å². The summed E-state index contributed by atoms with van der Waals surface area (Å²) in [5.74, 6) is 0.328. The Hall–Kier alpha value is -2.34. The highest BCUT2D eigenvalue weighted by Gasteiger charge is 2.18. The fourth-order valence-electron chi connectivity index (χ4n) is 2.38. The number of nitrogens with one attached hydrogen (secondary N) is 1. The standard InChI is InChI=1S/C16H23N5O/c1-5-6-20(3)16(22)12-7-14(15(17)18-8-12)11(2)13-9-19-21(4)10-13/h7-8,10,19H,2,5-6,9H2,1,3-4H3,(H2,17,18). The summed E-state index contributed by atoms with van der Waals surface area (Å²) in [7, 11) is 3.70. The number of carbonyl (C=O) groups is 1. The number of anilines is 1. The van der Waals surface area contributed by atoms with Crippen molar-refractivity contribution in [1.29, 1.82) is 0 Å². The second-order valence-corrected chi connectivity index (χ2v) is 5.46. The van der Waals surface area contributed by atoms with Crippen molar-refractivity contribution in [3.05, 3.63) is 41.7 Å². The lowest BCUT2D eigenvalue weighted by Gasteiger charge is -2.17. The molecule has 3 N–H and O–H groups in total. The Bertz CT molecular complexity index is 623. The summed E-state index contributed by atoms with van der Waals surface area (Å²) in [6.07, 6.45) is 4.39. The van der Waals surface area contributed by atoms with E-state index in [4.69, 9.17) is 5.73 Å². The minimum absolute atomic E-state index is 0.0564. The van der Waals surface area contributed by atoms with E-state index in [-0.39, 0.29) is 5.91 Å². The van der Waals surface area contributed by atoms with Crippen LogP contribution in [0.1, 0.15) is 29.3 Å². The fraction of sp³-hybridized carbons (Fsp3) is 0.375. The molecule has 6 nitrogen and oxygen atoms in total. The normalized spacial score (nSPS) is 14.0. The molecule has 1 aliphatic rings. The van der Waals surface area contributed by atoms with E-state index < -0.39 is 0 Å². The predicted octanol–water partition coefficient (Wildman–Crippen LogP) is 1.49. The van der Waals surface area contributed by atoms with E-state index in [0.717, 1.165) is 17.6 Å². The molecule has 0 spiro atoms. The molecule has 6 heteroatoms. The second-order valence-electron chi connectivity index (χ2n) is 5.46. The maximum absolute atomic E-state index is 12.4. The van der Waals surface area contributed by atoms with Crippen LogP contribution in [-0.2, 0) is 0 Å². The molecule has 0 radical (unpaired) electrons. The molecule has 0 bridgehead atoms. The van der Waals surface area contributed by atoms with E-state index in [1.165, 1.54) is 6.20 Å². The van der Waals surface area contributed by atoms with Gasteiger partial charge < -0.3 is 15.6 Å². The summed E-state index contributed by atoms with van der Waals surface area (Å²) < 4.78 is 0. The molecule has 0 fully saturated rings. The van der Waals surface area contributed by atoms with Crippen molar-refractivity contribution in [2.24, 2.45) is 0 Å². The molecule has 1 amide bonds. The Morgan fingerprint density at radius 2 is 2.32 bits per heavy atom. The molecule has 22 heavy (non-hydrogen) atoms. The number of nitrogens with zero attached hydrogens (tertiary/aromatic N) is 3. The van der Waals surface area contributed by atoms with Gasteiger partial charge in [-0.1, -0.05) is 13.5 Å². The van der Waals surface area contributed by atoms with Crippen LogP contribution >= 0.6 is 0 Å². The number of hydrogen-bond donors (Lipinski definition) is 2. The van der Waals surface area contributed by atoms with Gasteiger partial charge in [0.05, 0.1) is 5.56 Å². The number of hydrogen-bond acceptors (Lipinski definition) is 5. The monoisotopic (exact) mass is 301 g/mol. The van der Waals surface area contributed by atoms with Gasteiger partial charge in [-0.05, 0) is 23.6 Å². The van der Waals surface area contributed by atoms with Gasteiger partial charge in [-0.2, -0.15) is 0 Å². The summed E-state index contributed by atoms with van der Waals surface area (Å²) in [5, 5.41) is 1.87. The number of aromatic nitrogens is 1.